The zero-order valence-electron chi connectivity index (χ0n) is 19.1. The van der Waals surface area contributed by atoms with E-state index in [1.807, 2.05) is 23.1 Å². The molecule has 0 bridgehead atoms. The second-order valence-corrected chi connectivity index (χ2v) is 9.24. The maximum Gasteiger partial charge on any atom is 0.260 e. The van der Waals surface area contributed by atoms with Crippen molar-refractivity contribution in [1.29, 1.82) is 0 Å². The Morgan fingerprint density at radius 3 is 2.52 bits per heavy atom. The number of benzene rings is 3. The van der Waals surface area contributed by atoms with Crippen molar-refractivity contribution in [2.24, 2.45) is 0 Å². The Bertz CT molecular complexity index is 1160. The number of carbonyl (C=O) groups excluding carboxylic acids is 1. The molecule has 0 N–H and O–H groups in total. The average molecular weight is 445 g/mol. The first kappa shape index (κ1) is 21.7. The van der Waals surface area contributed by atoms with Crippen molar-refractivity contribution in [3.05, 3.63) is 89.2 Å². The summed E-state index contributed by atoms with van der Waals surface area (Å²) in [6.45, 7) is 6.44. The maximum absolute atomic E-state index is 13.2. The minimum atomic E-state index is -0.219. The summed E-state index contributed by atoms with van der Waals surface area (Å²) >= 11 is 0. The summed E-state index contributed by atoms with van der Waals surface area (Å²) < 4.78 is 19.1. The number of fused-ring (bicyclic) bond motifs is 3. The number of hydrogen-bond acceptors (Lipinski definition) is 3. The molecule has 0 aromatic heterocycles. The maximum atomic E-state index is 13.2. The molecule has 2 atom stereocenters. The Hall–Kier alpha value is -3.18. The summed E-state index contributed by atoms with van der Waals surface area (Å²) in [5, 5.41) is 0. The minimum Gasteiger partial charge on any atom is -0.484 e. The van der Waals surface area contributed by atoms with Gasteiger partial charge in [0, 0.05) is 31.7 Å². The van der Waals surface area contributed by atoms with Crippen molar-refractivity contribution in [1.82, 2.24) is 9.80 Å². The molecule has 5 heteroatoms. The normalized spacial score (nSPS) is 19.8. The lowest BCUT2D eigenvalue weighted by atomic mass is 10.1. The summed E-state index contributed by atoms with van der Waals surface area (Å²) in [5.74, 6) is 0.536. The monoisotopic (exact) mass is 444 g/mol. The molecule has 2 unspecified atom stereocenters. The fourth-order valence-corrected chi connectivity index (χ4v) is 5.03. The molecule has 1 fully saturated rings. The van der Waals surface area contributed by atoms with Gasteiger partial charge < -0.3 is 9.64 Å². The van der Waals surface area contributed by atoms with Crippen molar-refractivity contribution in [2.45, 2.75) is 38.9 Å². The first-order chi connectivity index (χ1) is 16.0. The Morgan fingerprint density at radius 2 is 1.70 bits per heavy atom. The standard InChI is InChI=1S/C28H29FN2O2/c1-19-16-31(20(2)15-30(19)17-21-7-9-24(29)10-8-21)28(32)18-33-25-11-12-27-23(14-25)13-22-5-3-4-6-26(22)27/h3-12,14,19-20H,13,15-18H2,1-2H3. The van der Waals surface area contributed by atoms with Gasteiger partial charge in [-0.15, -0.1) is 0 Å². The topological polar surface area (TPSA) is 32.8 Å². The van der Waals surface area contributed by atoms with Gasteiger partial charge in [-0.25, -0.2) is 4.39 Å². The van der Waals surface area contributed by atoms with Crippen molar-refractivity contribution < 1.29 is 13.9 Å². The minimum absolute atomic E-state index is 0.0135. The number of hydrogen-bond donors (Lipinski definition) is 0. The molecule has 5 rings (SSSR count). The zero-order chi connectivity index (χ0) is 22.9. The van der Waals surface area contributed by atoms with Gasteiger partial charge >= 0.3 is 0 Å². The van der Waals surface area contributed by atoms with Gasteiger partial charge in [-0.05, 0) is 72.4 Å². The molecule has 170 valence electrons. The largest absolute Gasteiger partial charge is 0.484 e. The molecular weight excluding hydrogens is 415 g/mol. The Balaban J connectivity index is 1.18. The van der Waals surface area contributed by atoms with E-state index < -0.39 is 0 Å². The van der Waals surface area contributed by atoms with E-state index in [0.717, 1.165) is 30.8 Å². The van der Waals surface area contributed by atoms with Crippen LogP contribution in [0.3, 0.4) is 0 Å². The van der Waals surface area contributed by atoms with E-state index in [4.69, 9.17) is 4.74 Å². The van der Waals surface area contributed by atoms with E-state index in [1.54, 1.807) is 0 Å². The summed E-state index contributed by atoms with van der Waals surface area (Å²) in [4.78, 5) is 17.3. The molecule has 1 amide bonds. The second-order valence-electron chi connectivity index (χ2n) is 9.24. The van der Waals surface area contributed by atoms with E-state index in [1.165, 1.54) is 34.4 Å². The molecule has 0 spiro atoms. The molecule has 0 saturated carbocycles. The number of halogens is 1. The van der Waals surface area contributed by atoms with E-state index in [-0.39, 0.29) is 30.4 Å². The Kier molecular flexibility index (Phi) is 5.90. The van der Waals surface area contributed by atoms with Gasteiger partial charge in [0.1, 0.15) is 11.6 Å². The third-order valence-electron chi connectivity index (χ3n) is 6.86. The predicted molar refractivity (Wildman–Crippen MR) is 128 cm³/mol. The first-order valence-electron chi connectivity index (χ1n) is 11.6. The van der Waals surface area contributed by atoms with Crippen LogP contribution >= 0.6 is 0 Å². The van der Waals surface area contributed by atoms with Crippen LogP contribution in [-0.2, 0) is 17.8 Å². The van der Waals surface area contributed by atoms with Crippen molar-refractivity contribution in [3.8, 4) is 16.9 Å². The van der Waals surface area contributed by atoms with E-state index in [2.05, 4.69) is 55.1 Å². The van der Waals surface area contributed by atoms with Crippen molar-refractivity contribution >= 4 is 5.91 Å². The predicted octanol–water partition coefficient (Wildman–Crippen LogP) is 4.90. The quantitative estimate of drug-likeness (QED) is 0.439. The fourth-order valence-electron chi connectivity index (χ4n) is 5.03. The summed E-state index contributed by atoms with van der Waals surface area (Å²) in [6.07, 6.45) is 0.904. The van der Waals surface area contributed by atoms with Gasteiger partial charge in [0.2, 0.25) is 0 Å². The van der Waals surface area contributed by atoms with Gasteiger partial charge in [0.05, 0.1) is 0 Å². The van der Waals surface area contributed by atoms with Crippen molar-refractivity contribution in [2.75, 3.05) is 19.7 Å². The van der Waals surface area contributed by atoms with Crippen LogP contribution < -0.4 is 4.74 Å². The highest BCUT2D eigenvalue weighted by Gasteiger charge is 2.32. The molecule has 1 heterocycles. The third kappa shape index (κ3) is 4.51. The SMILES string of the molecule is CC1CN(C(=O)COc2ccc3c(c2)Cc2ccccc2-3)C(C)CN1Cc1ccc(F)cc1. The molecule has 2 aliphatic rings. The van der Waals surface area contributed by atoms with Gasteiger partial charge in [0.15, 0.2) is 6.61 Å². The molecular formula is C28H29FN2O2. The lowest BCUT2D eigenvalue weighted by molar-refractivity contribution is -0.139. The highest BCUT2D eigenvalue weighted by atomic mass is 19.1. The van der Waals surface area contributed by atoms with Crippen LogP contribution in [0.5, 0.6) is 5.75 Å². The molecule has 1 aliphatic heterocycles. The molecule has 3 aromatic carbocycles. The zero-order valence-corrected chi connectivity index (χ0v) is 19.1. The van der Waals surface area contributed by atoms with Crippen LogP contribution in [0.2, 0.25) is 0 Å². The Morgan fingerprint density at radius 1 is 0.939 bits per heavy atom. The lowest BCUT2D eigenvalue weighted by Crippen LogP contribution is -2.58. The van der Waals surface area contributed by atoms with Gasteiger partial charge in [0.25, 0.3) is 5.91 Å². The number of rotatable bonds is 5. The summed E-state index contributed by atoms with van der Waals surface area (Å²) in [6, 6.07) is 21.5. The third-order valence-corrected chi connectivity index (χ3v) is 6.86. The van der Waals surface area contributed by atoms with Gasteiger partial charge in [-0.2, -0.15) is 0 Å². The van der Waals surface area contributed by atoms with Crippen LogP contribution in [0.25, 0.3) is 11.1 Å². The van der Waals surface area contributed by atoms with E-state index in [9.17, 15) is 9.18 Å². The highest BCUT2D eigenvalue weighted by Crippen LogP contribution is 2.38. The van der Waals surface area contributed by atoms with E-state index in [0.29, 0.717) is 6.54 Å². The highest BCUT2D eigenvalue weighted by molar-refractivity contribution is 5.79. The second kappa shape index (κ2) is 8.99. The molecule has 33 heavy (non-hydrogen) atoms. The number of ether oxygens (including phenoxy) is 1. The van der Waals surface area contributed by atoms with Crippen molar-refractivity contribution in [3.63, 3.8) is 0 Å². The molecule has 1 aliphatic carbocycles. The summed E-state index contributed by atoms with van der Waals surface area (Å²) in [5.41, 5.74) is 6.21. The smallest absolute Gasteiger partial charge is 0.260 e. The van der Waals surface area contributed by atoms with Crippen LogP contribution in [0.1, 0.15) is 30.5 Å². The number of carbonyl (C=O) groups is 1. The summed E-state index contributed by atoms with van der Waals surface area (Å²) in [7, 11) is 0. The lowest BCUT2D eigenvalue weighted by Gasteiger charge is -2.44. The number of piperazine rings is 1. The van der Waals surface area contributed by atoms with E-state index >= 15 is 0 Å². The first-order valence-corrected chi connectivity index (χ1v) is 11.6. The van der Waals surface area contributed by atoms with Crippen LogP contribution in [-0.4, -0.2) is 47.5 Å². The Labute approximate surface area is 194 Å². The fraction of sp³-hybridized carbons (Fsp3) is 0.321. The number of amides is 1. The number of nitrogens with zero attached hydrogens (tertiary/aromatic N) is 2. The van der Waals surface area contributed by atoms with Crippen LogP contribution in [0, 0.1) is 5.82 Å². The molecule has 4 nitrogen and oxygen atoms in total. The van der Waals surface area contributed by atoms with Gasteiger partial charge in [-0.3, -0.25) is 9.69 Å². The molecule has 0 radical (unpaired) electrons. The molecule has 3 aromatic rings. The van der Waals surface area contributed by atoms with Gasteiger partial charge in [-0.1, -0.05) is 42.5 Å². The van der Waals surface area contributed by atoms with Crippen LogP contribution in [0.4, 0.5) is 4.39 Å². The molecule has 1 saturated heterocycles. The van der Waals surface area contributed by atoms with Crippen LogP contribution in [0.15, 0.2) is 66.7 Å². The average Bonchev–Trinajstić information content (AvgIpc) is 3.19.